The molecule has 226 valence electrons. The first-order valence-corrected chi connectivity index (χ1v) is 20.8. The highest BCUT2D eigenvalue weighted by atomic mass is 127. The van der Waals surface area contributed by atoms with Gasteiger partial charge in [-0.15, -0.1) is 0 Å². The van der Waals surface area contributed by atoms with Crippen LogP contribution in [0.2, 0.25) is 36.3 Å². The number of halogens is 1. The van der Waals surface area contributed by atoms with E-state index in [9.17, 15) is 4.79 Å². The van der Waals surface area contributed by atoms with E-state index in [4.69, 9.17) is 24.1 Å². The predicted octanol–water partition coefficient (Wildman–Crippen LogP) is 6.22. The van der Waals surface area contributed by atoms with Crippen LogP contribution in [-0.2, 0) is 29.0 Å². The summed E-state index contributed by atoms with van der Waals surface area (Å²) in [6, 6.07) is 0. The second kappa shape index (κ2) is 10.9. The van der Waals surface area contributed by atoms with Crippen LogP contribution in [-0.4, -0.2) is 64.9 Å². The van der Waals surface area contributed by atoms with Crippen LogP contribution in [0.1, 0.15) is 62.3 Å². The highest BCUT2D eigenvalue weighted by Crippen LogP contribution is 2.49. The molecule has 1 aliphatic rings. The van der Waals surface area contributed by atoms with Crippen molar-refractivity contribution in [1.29, 1.82) is 0 Å². The summed E-state index contributed by atoms with van der Waals surface area (Å²) in [5, 5.41) is -0.0409. The maximum absolute atomic E-state index is 13.5. The van der Waals surface area contributed by atoms with Gasteiger partial charge in [-0.3, -0.25) is 9.36 Å². The number of ether oxygens (including phenoxy) is 2. The lowest BCUT2D eigenvalue weighted by molar-refractivity contribution is -0.271. The SMILES string of the molecule is CC(C)(C)C(=O)O[C@@]1(n2cnc3c(N)ncnc32)O[C@H](CO[Si](C)(C)C(C)(C)C)[C@@H](O[Si](C)(C)C(C)(C)C)[C@H]1I. The topological polar surface area (TPSA) is 124 Å². The molecule has 10 nitrogen and oxygen atoms in total. The molecule has 0 spiro atoms. The third-order valence-electron chi connectivity index (χ3n) is 8.52. The number of hydrogen-bond acceptors (Lipinski definition) is 9. The van der Waals surface area contributed by atoms with Crippen LogP contribution in [0, 0.1) is 5.41 Å². The summed E-state index contributed by atoms with van der Waals surface area (Å²) in [6.07, 6.45) is 1.97. The van der Waals surface area contributed by atoms with E-state index < -0.39 is 50.1 Å². The van der Waals surface area contributed by atoms with Crippen LogP contribution in [0.15, 0.2) is 12.7 Å². The lowest BCUT2D eigenvalue weighted by Gasteiger charge is -2.41. The second-order valence-corrected chi connectivity index (χ2v) is 25.7. The van der Waals surface area contributed by atoms with Crippen molar-refractivity contribution in [3.8, 4) is 0 Å². The van der Waals surface area contributed by atoms with Gasteiger partial charge in [0.15, 0.2) is 28.1 Å². The van der Waals surface area contributed by atoms with Gasteiger partial charge in [-0.2, -0.15) is 0 Å². The number of alkyl halides is 1. The monoisotopic (exact) mass is 705 g/mol. The van der Waals surface area contributed by atoms with E-state index in [2.05, 4.69) is 105 Å². The third-order valence-corrected chi connectivity index (χ3v) is 19.0. The molecular formula is C27H48IN5O5Si2. The van der Waals surface area contributed by atoms with Gasteiger partial charge in [0.05, 0.1) is 18.1 Å². The number of nitrogen functional groups attached to an aromatic ring is 1. The van der Waals surface area contributed by atoms with Gasteiger partial charge in [0.2, 0.25) is 0 Å². The number of nitrogens with two attached hydrogens (primary N) is 1. The van der Waals surface area contributed by atoms with Crippen LogP contribution < -0.4 is 5.73 Å². The minimum atomic E-state index is -2.29. The number of fused-ring (bicyclic) bond motifs is 1. The average molecular weight is 706 g/mol. The van der Waals surface area contributed by atoms with Crippen LogP contribution in [0.3, 0.4) is 0 Å². The van der Waals surface area contributed by atoms with Crippen LogP contribution in [0.5, 0.6) is 0 Å². The number of hydrogen-bond donors (Lipinski definition) is 1. The zero-order chi connectivity index (χ0) is 30.7. The minimum Gasteiger partial charge on any atom is -0.414 e. The number of aromatic nitrogens is 4. The Bertz CT molecular complexity index is 1230. The van der Waals surface area contributed by atoms with E-state index in [-0.39, 0.29) is 15.9 Å². The largest absolute Gasteiger partial charge is 0.414 e. The van der Waals surface area contributed by atoms with Crippen LogP contribution >= 0.6 is 22.6 Å². The predicted molar refractivity (Wildman–Crippen MR) is 171 cm³/mol. The molecule has 0 bridgehead atoms. The molecule has 2 N–H and O–H groups in total. The molecule has 1 aliphatic heterocycles. The van der Waals surface area contributed by atoms with Crippen LogP contribution in [0.4, 0.5) is 5.82 Å². The number of imidazole rings is 1. The van der Waals surface area contributed by atoms with Crippen molar-refractivity contribution in [2.24, 2.45) is 5.41 Å². The Hall–Kier alpha value is -1.14. The first kappa shape index (κ1) is 33.4. The fourth-order valence-electron chi connectivity index (χ4n) is 3.72. The van der Waals surface area contributed by atoms with E-state index in [0.717, 1.165) is 0 Å². The molecule has 0 amide bonds. The molecule has 3 rings (SSSR count). The zero-order valence-corrected chi connectivity index (χ0v) is 30.5. The lowest BCUT2D eigenvalue weighted by atomic mass is 9.97. The van der Waals surface area contributed by atoms with Crippen molar-refractivity contribution in [3.05, 3.63) is 12.7 Å². The minimum absolute atomic E-state index is 0.00982. The Morgan fingerprint density at radius 3 is 2.12 bits per heavy atom. The standard InChI is InChI=1S/C27H48IN5O5Si2/c1-24(2,3)23(34)37-27(33-16-32-18-21(29)30-15-31-22(18)33)20(28)19(38-40(12,13)26(7,8)9)17(36-27)14-35-39(10,11)25(4,5)6/h15-17,19-20H,14H2,1-13H3,(H2,29,30,31)/t17-,19-,20-,27+/m1/s1. The number of carbonyl (C=O) groups excluding carboxylic acids is 1. The summed E-state index contributed by atoms with van der Waals surface area (Å²) in [6.45, 7) is 27.8. The van der Waals surface area contributed by atoms with E-state index in [0.29, 0.717) is 17.8 Å². The van der Waals surface area contributed by atoms with Gasteiger partial charge in [-0.25, -0.2) is 15.0 Å². The molecule has 1 saturated heterocycles. The molecule has 0 saturated carbocycles. The molecule has 0 aromatic carbocycles. The first-order chi connectivity index (χ1) is 17.9. The maximum atomic E-state index is 13.5. The number of carbonyl (C=O) groups is 1. The number of esters is 1. The molecule has 3 heterocycles. The van der Waals surface area contributed by atoms with Crippen LogP contribution in [0.25, 0.3) is 11.2 Å². The van der Waals surface area contributed by atoms with E-state index in [1.165, 1.54) is 6.33 Å². The Labute approximate surface area is 254 Å². The third kappa shape index (κ3) is 6.28. The van der Waals surface area contributed by atoms with Crippen molar-refractivity contribution in [1.82, 2.24) is 19.5 Å². The van der Waals surface area contributed by atoms with Gasteiger partial charge >= 0.3 is 11.9 Å². The Balaban J connectivity index is 2.19. The summed E-state index contributed by atoms with van der Waals surface area (Å²) < 4.78 is 28.2. The van der Waals surface area contributed by atoms with Crippen molar-refractivity contribution in [3.63, 3.8) is 0 Å². The molecule has 0 unspecified atom stereocenters. The quantitative estimate of drug-likeness (QED) is 0.155. The Morgan fingerprint density at radius 1 is 1.02 bits per heavy atom. The molecule has 40 heavy (non-hydrogen) atoms. The molecule has 13 heteroatoms. The van der Waals surface area contributed by atoms with Crippen molar-refractivity contribution < 1.29 is 23.1 Å². The molecule has 0 aliphatic carbocycles. The fourth-order valence-corrected chi connectivity index (χ4v) is 7.52. The highest BCUT2D eigenvalue weighted by molar-refractivity contribution is 14.1. The van der Waals surface area contributed by atoms with E-state index >= 15 is 0 Å². The van der Waals surface area contributed by atoms with Gasteiger partial charge in [0.25, 0.3) is 0 Å². The summed E-state index contributed by atoms with van der Waals surface area (Å²) in [4.78, 5) is 26.5. The normalized spacial score (nSPS) is 25.0. The lowest BCUT2D eigenvalue weighted by Crippen LogP contribution is -2.52. The number of rotatable bonds is 7. The van der Waals surface area contributed by atoms with Crippen molar-refractivity contribution in [2.75, 3.05) is 12.3 Å². The Morgan fingerprint density at radius 2 is 1.60 bits per heavy atom. The van der Waals surface area contributed by atoms with E-state index in [1.54, 1.807) is 10.9 Å². The zero-order valence-electron chi connectivity index (χ0n) is 26.4. The van der Waals surface area contributed by atoms with Gasteiger partial charge in [0.1, 0.15) is 28.2 Å². The summed E-state index contributed by atoms with van der Waals surface area (Å²) >= 11 is 2.30. The second-order valence-electron chi connectivity index (χ2n) is 14.8. The molecule has 2 aromatic rings. The summed E-state index contributed by atoms with van der Waals surface area (Å²) in [5.41, 5.74) is 6.15. The highest BCUT2D eigenvalue weighted by Gasteiger charge is 2.62. The summed E-state index contributed by atoms with van der Waals surface area (Å²) in [7, 11) is -4.43. The van der Waals surface area contributed by atoms with Gasteiger partial charge in [-0.1, -0.05) is 64.1 Å². The molecular weight excluding hydrogens is 657 g/mol. The number of nitrogens with zero attached hydrogens (tertiary/aromatic N) is 4. The molecule has 2 aromatic heterocycles. The van der Waals surface area contributed by atoms with E-state index in [1.807, 2.05) is 20.8 Å². The average Bonchev–Trinajstić information content (AvgIpc) is 3.32. The molecule has 0 radical (unpaired) electrons. The van der Waals surface area contributed by atoms with Crippen molar-refractivity contribution >= 4 is 62.2 Å². The number of anilines is 1. The van der Waals surface area contributed by atoms with Gasteiger partial charge in [-0.05, 0) is 57.0 Å². The maximum Gasteiger partial charge on any atom is 0.319 e. The van der Waals surface area contributed by atoms with Crippen molar-refractivity contribution in [2.45, 2.75) is 121 Å². The molecule has 1 fully saturated rings. The fraction of sp³-hybridized carbons (Fsp3) is 0.778. The molecule has 4 atom stereocenters. The summed E-state index contributed by atoms with van der Waals surface area (Å²) in [5.74, 6) is -1.79. The van der Waals surface area contributed by atoms with Gasteiger partial charge in [0, 0.05) is 0 Å². The smallest absolute Gasteiger partial charge is 0.319 e. The first-order valence-electron chi connectivity index (χ1n) is 13.8. The van der Waals surface area contributed by atoms with Gasteiger partial charge < -0.3 is 24.1 Å². The Kier molecular flexibility index (Phi) is 9.05.